The summed E-state index contributed by atoms with van der Waals surface area (Å²) >= 11 is 0. The van der Waals surface area contributed by atoms with Crippen LogP contribution in [-0.2, 0) is 17.7 Å². The van der Waals surface area contributed by atoms with Gasteiger partial charge in [0, 0.05) is 37.2 Å². The minimum Gasteiger partial charge on any atom is -0.492 e. The average molecular weight is 460 g/mol. The summed E-state index contributed by atoms with van der Waals surface area (Å²) in [7, 11) is 0. The lowest BCUT2D eigenvalue weighted by molar-refractivity contribution is 0.122. The number of carbonyl (C=O) groups excluding carboxylic acids is 1. The van der Waals surface area contributed by atoms with Crippen molar-refractivity contribution in [2.24, 2.45) is 0 Å². The second-order valence-electron chi connectivity index (χ2n) is 8.29. The van der Waals surface area contributed by atoms with Gasteiger partial charge in [-0.1, -0.05) is 42.5 Å². The lowest BCUT2D eigenvalue weighted by Gasteiger charge is -2.34. The number of para-hydroxylation sites is 2. The number of hydrogen-bond acceptors (Lipinski definition) is 6. The molecule has 5 rings (SSSR count). The Morgan fingerprint density at radius 3 is 2.59 bits per heavy atom. The van der Waals surface area contributed by atoms with Gasteiger partial charge in [0.2, 0.25) is 0 Å². The molecule has 8 heteroatoms. The Kier molecular flexibility index (Phi) is 6.58. The molecule has 0 aliphatic carbocycles. The summed E-state index contributed by atoms with van der Waals surface area (Å²) in [6.45, 7) is 6.38. The smallest absolute Gasteiger partial charge is 0.322 e. The molecule has 2 amide bonds. The van der Waals surface area contributed by atoms with Crippen LogP contribution in [-0.4, -0.2) is 60.4 Å². The van der Waals surface area contributed by atoms with E-state index in [1.165, 1.54) is 0 Å². The maximum atomic E-state index is 13.2. The summed E-state index contributed by atoms with van der Waals surface area (Å²) in [6, 6.07) is 17.4. The van der Waals surface area contributed by atoms with Crippen LogP contribution in [0.4, 0.5) is 16.3 Å². The third-order valence-corrected chi connectivity index (χ3v) is 6.10. The van der Waals surface area contributed by atoms with Gasteiger partial charge >= 0.3 is 6.03 Å². The first kappa shape index (κ1) is 22.2. The summed E-state index contributed by atoms with van der Waals surface area (Å²) in [5, 5.41) is 3.02. The van der Waals surface area contributed by atoms with Crippen molar-refractivity contribution >= 4 is 17.5 Å². The number of nitrogens with zero attached hydrogens (tertiary/aromatic N) is 4. The van der Waals surface area contributed by atoms with E-state index in [0.29, 0.717) is 50.8 Å². The Balaban J connectivity index is 1.43. The van der Waals surface area contributed by atoms with E-state index in [0.717, 1.165) is 41.6 Å². The van der Waals surface area contributed by atoms with Crippen LogP contribution in [0.3, 0.4) is 0 Å². The number of rotatable bonds is 5. The molecular weight excluding hydrogens is 430 g/mol. The zero-order valence-electron chi connectivity index (χ0n) is 19.4. The number of morpholine rings is 1. The number of carbonyl (C=O) groups is 1. The molecule has 1 saturated heterocycles. The molecule has 2 aliphatic heterocycles. The van der Waals surface area contributed by atoms with Crippen molar-refractivity contribution in [3.8, 4) is 17.1 Å². The molecule has 176 valence electrons. The maximum Gasteiger partial charge on any atom is 0.322 e. The zero-order valence-corrected chi connectivity index (χ0v) is 19.4. The summed E-state index contributed by atoms with van der Waals surface area (Å²) in [4.78, 5) is 27.2. The van der Waals surface area contributed by atoms with Gasteiger partial charge in [-0.05, 0) is 19.1 Å². The number of fused-ring (bicyclic) bond motifs is 1. The number of hydrogen-bond donors (Lipinski definition) is 1. The molecule has 0 radical (unpaired) electrons. The molecule has 0 saturated carbocycles. The molecule has 2 aliphatic rings. The lowest BCUT2D eigenvalue weighted by atomic mass is 10.0. The van der Waals surface area contributed by atoms with E-state index in [4.69, 9.17) is 19.4 Å². The number of benzene rings is 2. The number of anilines is 2. The largest absolute Gasteiger partial charge is 0.492 e. The molecule has 0 bridgehead atoms. The fourth-order valence-electron chi connectivity index (χ4n) is 4.37. The minimum atomic E-state index is -0.155. The number of ether oxygens (including phenoxy) is 2. The van der Waals surface area contributed by atoms with Gasteiger partial charge < -0.3 is 24.6 Å². The molecule has 1 fully saturated rings. The third kappa shape index (κ3) is 4.68. The van der Waals surface area contributed by atoms with Crippen LogP contribution in [0, 0.1) is 0 Å². The molecule has 8 nitrogen and oxygen atoms in total. The molecule has 3 heterocycles. The van der Waals surface area contributed by atoms with E-state index < -0.39 is 0 Å². The van der Waals surface area contributed by atoms with E-state index in [9.17, 15) is 4.79 Å². The number of aromatic nitrogens is 2. The molecule has 0 atom stereocenters. The normalized spacial score (nSPS) is 15.6. The van der Waals surface area contributed by atoms with Crippen LogP contribution >= 0.6 is 0 Å². The van der Waals surface area contributed by atoms with E-state index in [1.54, 1.807) is 0 Å². The monoisotopic (exact) mass is 459 g/mol. The third-order valence-electron chi connectivity index (χ3n) is 6.10. The summed E-state index contributed by atoms with van der Waals surface area (Å²) < 4.78 is 11.2. The summed E-state index contributed by atoms with van der Waals surface area (Å²) in [5.41, 5.74) is 3.69. The Morgan fingerprint density at radius 1 is 1.03 bits per heavy atom. The summed E-state index contributed by atoms with van der Waals surface area (Å²) in [5.74, 6) is 2.30. The minimum absolute atomic E-state index is 0.155. The predicted octanol–water partition coefficient (Wildman–Crippen LogP) is 3.97. The lowest BCUT2D eigenvalue weighted by Crippen LogP contribution is -2.42. The van der Waals surface area contributed by atoms with Crippen LogP contribution in [0.1, 0.15) is 18.2 Å². The number of amides is 2. The molecule has 0 unspecified atom stereocenters. The van der Waals surface area contributed by atoms with Gasteiger partial charge in [-0.3, -0.25) is 0 Å². The van der Waals surface area contributed by atoms with Gasteiger partial charge in [0.05, 0.1) is 37.7 Å². The Bertz CT molecular complexity index is 1150. The highest BCUT2D eigenvalue weighted by Gasteiger charge is 2.29. The van der Waals surface area contributed by atoms with Gasteiger partial charge in [0.15, 0.2) is 5.82 Å². The first-order valence-electron chi connectivity index (χ1n) is 11.8. The van der Waals surface area contributed by atoms with Crippen LogP contribution in [0.15, 0.2) is 54.6 Å². The highest BCUT2D eigenvalue weighted by atomic mass is 16.5. The SMILES string of the molecule is CCOc1ccccc1NC(=O)N1CCc2nc(-c3ccccc3)nc(N3CCOCC3)c2C1. The average Bonchev–Trinajstić information content (AvgIpc) is 2.90. The van der Waals surface area contributed by atoms with Crippen molar-refractivity contribution in [2.45, 2.75) is 19.9 Å². The predicted molar refractivity (Wildman–Crippen MR) is 131 cm³/mol. The van der Waals surface area contributed by atoms with Crippen molar-refractivity contribution in [3.05, 3.63) is 65.9 Å². The zero-order chi connectivity index (χ0) is 23.3. The van der Waals surface area contributed by atoms with Crippen molar-refractivity contribution in [2.75, 3.05) is 49.7 Å². The van der Waals surface area contributed by atoms with Crippen molar-refractivity contribution in [1.29, 1.82) is 0 Å². The van der Waals surface area contributed by atoms with E-state index in [1.807, 2.05) is 66.4 Å². The highest BCUT2D eigenvalue weighted by molar-refractivity contribution is 5.91. The molecule has 34 heavy (non-hydrogen) atoms. The van der Waals surface area contributed by atoms with Gasteiger partial charge in [0.25, 0.3) is 0 Å². The van der Waals surface area contributed by atoms with Crippen LogP contribution < -0.4 is 15.0 Å². The van der Waals surface area contributed by atoms with Crippen molar-refractivity contribution in [1.82, 2.24) is 14.9 Å². The molecule has 1 N–H and O–H groups in total. The van der Waals surface area contributed by atoms with Gasteiger partial charge in [-0.25, -0.2) is 14.8 Å². The number of nitrogens with one attached hydrogen (secondary N) is 1. The van der Waals surface area contributed by atoms with Gasteiger partial charge in [-0.2, -0.15) is 0 Å². The second kappa shape index (κ2) is 10.1. The van der Waals surface area contributed by atoms with Crippen LogP contribution in [0.2, 0.25) is 0 Å². The standard InChI is InChI=1S/C26H29N5O3/c1-2-34-23-11-7-6-10-22(23)28-26(32)31-13-12-21-20(18-31)25(30-14-16-33-17-15-30)29-24(27-21)19-8-4-3-5-9-19/h3-11H,2,12-18H2,1H3,(H,28,32). The molecule has 1 aromatic heterocycles. The van der Waals surface area contributed by atoms with Crippen molar-refractivity contribution in [3.63, 3.8) is 0 Å². The first-order chi connectivity index (χ1) is 16.7. The molecular formula is C26H29N5O3. The maximum absolute atomic E-state index is 13.2. The summed E-state index contributed by atoms with van der Waals surface area (Å²) in [6.07, 6.45) is 0.676. The fourth-order valence-corrected chi connectivity index (χ4v) is 4.37. The van der Waals surface area contributed by atoms with Crippen molar-refractivity contribution < 1.29 is 14.3 Å². The first-order valence-corrected chi connectivity index (χ1v) is 11.8. The Hall–Kier alpha value is -3.65. The van der Waals surface area contributed by atoms with E-state index >= 15 is 0 Å². The molecule has 0 spiro atoms. The Morgan fingerprint density at radius 2 is 1.79 bits per heavy atom. The molecule has 3 aromatic rings. The Labute approximate surface area is 199 Å². The topological polar surface area (TPSA) is 79.8 Å². The second-order valence-corrected chi connectivity index (χ2v) is 8.29. The van der Waals surface area contributed by atoms with Gasteiger partial charge in [0.1, 0.15) is 11.6 Å². The highest BCUT2D eigenvalue weighted by Crippen LogP contribution is 2.31. The van der Waals surface area contributed by atoms with E-state index in [2.05, 4.69) is 10.2 Å². The van der Waals surface area contributed by atoms with Crippen LogP contribution in [0.25, 0.3) is 11.4 Å². The van der Waals surface area contributed by atoms with Gasteiger partial charge in [-0.15, -0.1) is 0 Å². The fraction of sp³-hybridized carbons (Fsp3) is 0.346. The van der Waals surface area contributed by atoms with Crippen LogP contribution in [0.5, 0.6) is 5.75 Å². The quantitative estimate of drug-likeness (QED) is 0.622. The molecule has 2 aromatic carbocycles. The van der Waals surface area contributed by atoms with E-state index in [-0.39, 0.29) is 6.03 Å². The number of urea groups is 1.